The number of carbonyl (C=O) groups is 3. The lowest BCUT2D eigenvalue weighted by molar-refractivity contribution is -0.150. The summed E-state index contributed by atoms with van der Waals surface area (Å²) < 4.78 is 6.19. The molecule has 212 valence electrons. The van der Waals surface area contributed by atoms with E-state index in [2.05, 4.69) is 29.1 Å². The van der Waals surface area contributed by atoms with E-state index in [0.717, 1.165) is 11.1 Å². The van der Waals surface area contributed by atoms with Crippen LogP contribution in [0.2, 0.25) is 0 Å². The zero-order valence-corrected chi connectivity index (χ0v) is 23.3. The molecule has 3 N–H and O–H groups in total. The van der Waals surface area contributed by atoms with Crippen molar-refractivity contribution >= 4 is 17.7 Å². The number of fused-ring (bicyclic) bond motifs is 1. The highest BCUT2D eigenvalue weighted by atomic mass is 16.5. The third kappa shape index (κ3) is 6.03. The number of rotatable bonds is 11. The third-order valence-electron chi connectivity index (χ3n) is 8.06. The van der Waals surface area contributed by atoms with Gasteiger partial charge in [0.15, 0.2) is 0 Å². The van der Waals surface area contributed by atoms with Gasteiger partial charge >= 0.3 is 0 Å². The molecule has 2 aromatic carbocycles. The number of hydrogen-bond donors (Lipinski definition) is 3. The van der Waals surface area contributed by atoms with Crippen molar-refractivity contribution < 1.29 is 19.1 Å². The van der Waals surface area contributed by atoms with Crippen LogP contribution in [0.4, 0.5) is 0 Å². The first-order valence-corrected chi connectivity index (χ1v) is 13.9. The average Bonchev–Trinajstić information content (AvgIpc) is 3.21. The molecule has 0 bridgehead atoms. The van der Waals surface area contributed by atoms with Gasteiger partial charge in [-0.15, -0.1) is 13.2 Å². The molecular formula is C32H40N4O4. The Kier molecular flexibility index (Phi) is 9.55. The van der Waals surface area contributed by atoms with Gasteiger partial charge in [-0.1, -0.05) is 72.8 Å². The number of likely N-dealkylation sites (N-methyl/N-ethyl adjacent to an activating group) is 1. The van der Waals surface area contributed by atoms with E-state index in [4.69, 9.17) is 4.74 Å². The summed E-state index contributed by atoms with van der Waals surface area (Å²) in [6.07, 6.45) is 4.77. The molecule has 0 spiro atoms. The topological polar surface area (TPSA) is 99.8 Å². The van der Waals surface area contributed by atoms with Crippen molar-refractivity contribution in [2.75, 3.05) is 13.7 Å². The van der Waals surface area contributed by atoms with E-state index in [0.29, 0.717) is 25.7 Å². The second-order valence-corrected chi connectivity index (χ2v) is 10.6. The molecular weight excluding hydrogens is 504 g/mol. The number of benzene rings is 2. The lowest BCUT2D eigenvalue weighted by Gasteiger charge is -2.37. The van der Waals surface area contributed by atoms with Crippen molar-refractivity contribution in [2.24, 2.45) is 5.41 Å². The van der Waals surface area contributed by atoms with Crippen LogP contribution in [0.5, 0.6) is 0 Å². The Hall–Kier alpha value is -3.75. The Morgan fingerprint density at radius 1 is 1.05 bits per heavy atom. The van der Waals surface area contributed by atoms with Gasteiger partial charge in [-0.05, 0) is 37.9 Å². The number of allylic oxidation sites excluding steroid dienone is 2. The molecule has 2 fully saturated rings. The van der Waals surface area contributed by atoms with E-state index in [9.17, 15) is 14.4 Å². The largest absolute Gasteiger partial charge is 0.358 e. The Balaban J connectivity index is 1.73. The molecule has 0 saturated carbocycles. The van der Waals surface area contributed by atoms with Crippen molar-refractivity contribution in [1.82, 2.24) is 20.9 Å². The molecule has 40 heavy (non-hydrogen) atoms. The van der Waals surface area contributed by atoms with E-state index in [1.165, 1.54) is 0 Å². The molecule has 8 nitrogen and oxygen atoms in total. The molecule has 2 aromatic rings. The van der Waals surface area contributed by atoms with Gasteiger partial charge in [0.2, 0.25) is 17.7 Å². The molecule has 0 radical (unpaired) electrons. The van der Waals surface area contributed by atoms with Gasteiger partial charge in [0.05, 0.1) is 18.7 Å². The van der Waals surface area contributed by atoms with Crippen molar-refractivity contribution in [2.45, 2.75) is 63.0 Å². The minimum Gasteiger partial charge on any atom is -0.358 e. The zero-order chi connectivity index (χ0) is 28.7. The summed E-state index contributed by atoms with van der Waals surface area (Å²) in [4.78, 5) is 42.8. The Labute approximate surface area is 236 Å². The predicted molar refractivity (Wildman–Crippen MR) is 155 cm³/mol. The van der Waals surface area contributed by atoms with Crippen LogP contribution in [0.25, 0.3) is 0 Å². The molecule has 0 aliphatic carbocycles. The molecule has 4 atom stereocenters. The quantitative estimate of drug-likeness (QED) is 0.376. The SMILES string of the molecule is C=CCC1(CC=C)C[C@@H]2OCC[C@H](NC(=O)[C@H](C)NC)C(=O)N2[C@@H]1C(=O)NC(c1ccccc1)c1ccccc1. The highest BCUT2D eigenvalue weighted by molar-refractivity contribution is 5.94. The van der Waals surface area contributed by atoms with Crippen LogP contribution >= 0.6 is 0 Å². The van der Waals surface area contributed by atoms with Crippen LogP contribution in [-0.2, 0) is 19.1 Å². The van der Waals surface area contributed by atoms with Crippen LogP contribution in [0.3, 0.4) is 0 Å². The Morgan fingerprint density at radius 2 is 1.62 bits per heavy atom. The fourth-order valence-electron chi connectivity index (χ4n) is 5.94. The second-order valence-electron chi connectivity index (χ2n) is 10.6. The Morgan fingerprint density at radius 3 is 2.15 bits per heavy atom. The monoisotopic (exact) mass is 544 g/mol. The first-order chi connectivity index (χ1) is 19.3. The van der Waals surface area contributed by atoms with Gasteiger partial charge < -0.3 is 25.6 Å². The van der Waals surface area contributed by atoms with Crippen LogP contribution in [0.15, 0.2) is 86.0 Å². The molecule has 2 heterocycles. The van der Waals surface area contributed by atoms with Crippen molar-refractivity contribution in [3.63, 3.8) is 0 Å². The minimum absolute atomic E-state index is 0.281. The first-order valence-electron chi connectivity index (χ1n) is 13.9. The average molecular weight is 545 g/mol. The number of nitrogens with one attached hydrogen (secondary N) is 3. The highest BCUT2D eigenvalue weighted by Gasteiger charge is 2.58. The van der Waals surface area contributed by atoms with Crippen LogP contribution in [0.1, 0.15) is 49.8 Å². The molecule has 0 unspecified atom stereocenters. The van der Waals surface area contributed by atoms with E-state index < -0.39 is 35.8 Å². The van der Waals surface area contributed by atoms with Crippen LogP contribution in [0, 0.1) is 5.41 Å². The standard InChI is InChI=1S/C32H40N4O4/c1-5-18-32(19-6-2)21-26-36(31(39)25(17-20-40-26)34-29(37)22(3)33-4)28(32)30(38)35-27(23-13-9-7-10-14-23)24-15-11-8-12-16-24/h5-16,22,25-28,33H,1-2,17-21H2,3-4H3,(H,34,37)(H,35,38)/t22-,25-,26-,28+/m0/s1. The van der Waals surface area contributed by atoms with Gasteiger partial charge in [-0.2, -0.15) is 0 Å². The maximum Gasteiger partial charge on any atom is 0.247 e. The summed E-state index contributed by atoms with van der Waals surface area (Å²) in [5.74, 6) is -0.877. The van der Waals surface area contributed by atoms with Crippen LogP contribution in [-0.4, -0.2) is 60.6 Å². The first kappa shape index (κ1) is 29.2. The summed E-state index contributed by atoms with van der Waals surface area (Å²) in [6.45, 7) is 9.95. The third-order valence-corrected chi connectivity index (χ3v) is 8.06. The molecule has 2 saturated heterocycles. The molecule has 4 rings (SSSR count). The van der Waals surface area contributed by atoms with E-state index in [1.807, 2.05) is 60.7 Å². The van der Waals surface area contributed by atoms with Crippen LogP contribution < -0.4 is 16.0 Å². The maximum atomic E-state index is 14.4. The summed E-state index contributed by atoms with van der Waals surface area (Å²) in [5.41, 5.74) is 1.20. The molecule has 0 aromatic heterocycles. The predicted octanol–water partition coefficient (Wildman–Crippen LogP) is 3.47. The van der Waals surface area contributed by atoms with E-state index in [1.54, 1.807) is 31.0 Å². The fraction of sp³-hybridized carbons (Fsp3) is 0.406. The van der Waals surface area contributed by atoms with E-state index in [-0.39, 0.29) is 24.3 Å². The number of nitrogens with zero attached hydrogens (tertiary/aromatic N) is 1. The van der Waals surface area contributed by atoms with E-state index >= 15 is 0 Å². The molecule has 2 aliphatic rings. The van der Waals surface area contributed by atoms with Gasteiger partial charge in [0.25, 0.3) is 0 Å². The molecule has 8 heteroatoms. The summed E-state index contributed by atoms with van der Waals surface area (Å²) in [5, 5.41) is 9.04. The van der Waals surface area contributed by atoms with Gasteiger partial charge in [0.1, 0.15) is 18.3 Å². The van der Waals surface area contributed by atoms with Crippen molar-refractivity contribution in [3.8, 4) is 0 Å². The fourth-order valence-corrected chi connectivity index (χ4v) is 5.94. The molecule has 2 aliphatic heterocycles. The highest BCUT2D eigenvalue weighted by Crippen LogP contribution is 2.48. The summed E-state index contributed by atoms with van der Waals surface area (Å²) >= 11 is 0. The maximum absolute atomic E-state index is 14.4. The van der Waals surface area contributed by atoms with Crippen molar-refractivity contribution in [1.29, 1.82) is 0 Å². The number of hydrogen-bond acceptors (Lipinski definition) is 5. The van der Waals surface area contributed by atoms with Gasteiger partial charge in [-0.25, -0.2) is 0 Å². The number of ether oxygens (including phenoxy) is 1. The zero-order valence-electron chi connectivity index (χ0n) is 23.3. The normalized spacial score (nSPS) is 22.6. The molecule has 3 amide bonds. The van der Waals surface area contributed by atoms with Crippen molar-refractivity contribution in [3.05, 3.63) is 97.1 Å². The second kappa shape index (κ2) is 13.1. The minimum atomic E-state index is -0.852. The number of carbonyl (C=O) groups excluding carboxylic acids is 3. The Bertz CT molecular complexity index is 1150. The summed E-state index contributed by atoms with van der Waals surface area (Å²) in [6, 6.07) is 17.0. The summed E-state index contributed by atoms with van der Waals surface area (Å²) in [7, 11) is 1.69. The lowest BCUT2D eigenvalue weighted by atomic mass is 9.73. The number of amides is 3. The smallest absolute Gasteiger partial charge is 0.247 e. The van der Waals surface area contributed by atoms with Gasteiger partial charge in [0, 0.05) is 18.3 Å². The lowest BCUT2D eigenvalue weighted by Crippen LogP contribution is -2.59. The van der Waals surface area contributed by atoms with Gasteiger partial charge in [-0.3, -0.25) is 14.4 Å².